The Morgan fingerprint density at radius 1 is 1.12 bits per heavy atom. The van der Waals surface area contributed by atoms with Crippen LogP contribution in [0.3, 0.4) is 0 Å². The fourth-order valence-electron chi connectivity index (χ4n) is 3.87. The summed E-state index contributed by atoms with van der Waals surface area (Å²) < 4.78 is 38.6. The molecule has 2 aromatic carbocycles. The van der Waals surface area contributed by atoms with Crippen molar-refractivity contribution >= 4 is 39.8 Å². The number of guanidine groups is 1. The van der Waals surface area contributed by atoms with Crippen LogP contribution in [0.1, 0.15) is 31.4 Å². The molecule has 9 heteroatoms. The number of halogens is 2. The van der Waals surface area contributed by atoms with E-state index in [1.807, 2.05) is 6.07 Å². The summed E-state index contributed by atoms with van der Waals surface area (Å²) in [5.41, 5.74) is 1.32. The molecule has 0 saturated carbocycles. The van der Waals surface area contributed by atoms with Crippen molar-refractivity contribution in [3.05, 3.63) is 66.0 Å². The van der Waals surface area contributed by atoms with Gasteiger partial charge in [-0.25, -0.2) is 12.8 Å². The van der Waals surface area contributed by atoms with Crippen molar-refractivity contribution < 1.29 is 12.8 Å². The molecular formula is C23H32FIN4O2S. The molecule has 1 aliphatic heterocycles. The molecule has 32 heavy (non-hydrogen) atoms. The lowest BCUT2D eigenvalue weighted by Crippen LogP contribution is -2.49. The molecule has 6 nitrogen and oxygen atoms in total. The van der Waals surface area contributed by atoms with E-state index in [9.17, 15) is 12.8 Å². The Kier molecular flexibility index (Phi) is 10.4. The molecule has 0 bridgehead atoms. The summed E-state index contributed by atoms with van der Waals surface area (Å²) in [6.45, 7) is 4.35. The topological polar surface area (TPSA) is 73.8 Å². The molecule has 3 rings (SSSR count). The zero-order valence-corrected chi connectivity index (χ0v) is 21.6. The molecule has 1 aliphatic rings. The van der Waals surface area contributed by atoms with Crippen molar-refractivity contribution in [1.82, 2.24) is 15.5 Å². The Labute approximate surface area is 207 Å². The summed E-state index contributed by atoms with van der Waals surface area (Å²) in [5.74, 6) is -0.360. The molecule has 0 aliphatic carbocycles. The highest BCUT2D eigenvalue weighted by Gasteiger charge is 2.24. The molecule has 0 spiro atoms. The summed E-state index contributed by atoms with van der Waals surface area (Å²) in [5, 5.41) is 6.43. The number of hydrogen-bond acceptors (Lipinski definition) is 4. The standard InChI is InChI=1S/C23H31FN4O2S.HI/c1-18(19-8-4-3-5-9-19)28-15-12-20(13-16-28)27-23(25-2)26-14-17-31(29,30)22-11-7-6-10-21(22)24;/h3-11,18,20H,12-17H2,1-2H3,(H2,25,26,27);1H. The molecule has 0 aromatic heterocycles. The summed E-state index contributed by atoms with van der Waals surface area (Å²) in [4.78, 5) is 6.42. The SMILES string of the molecule is CN=C(NCCS(=O)(=O)c1ccccc1F)NC1CCN(C(C)c2ccccc2)CC1.I. The number of nitrogens with one attached hydrogen (secondary N) is 2. The number of rotatable bonds is 7. The maximum Gasteiger partial charge on any atom is 0.191 e. The number of sulfone groups is 1. The zero-order chi connectivity index (χ0) is 22.3. The predicted octanol–water partition coefficient (Wildman–Crippen LogP) is 3.61. The van der Waals surface area contributed by atoms with E-state index < -0.39 is 15.7 Å². The van der Waals surface area contributed by atoms with Gasteiger partial charge in [0.25, 0.3) is 0 Å². The average Bonchev–Trinajstić information content (AvgIpc) is 2.79. The highest BCUT2D eigenvalue weighted by Crippen LogP contribution is 2.24. The highest BCUT2D eigenvalue weighted by atomic mass is 127. The van der Waals surface area contributed by atoms with Crippen molar-refractivity contribution in [2.75, 3.05) is 32.4 Å². The minimum Gasteiger partial charge on any atom is -0.355 e. The van der Waals surface area contributed by atoms with Gasteiger partial charge in [-0.1, -0.05) is 42.5 Å². The van der Waals surface area contributed by atoms with Crippen molar-refractivity contribution in [2.45, 2.75) is 36.7 Å². The van der Waals surface area contributed by atoms with E-state index in [1.54, 1.807) is 7.05 Å². The van der Waals surface area contributed by atoms with E-state index in [2.05, 4.69) is 51.7 Å². The van der Waals surface area contributed by atoms with Gasteiger partial charge in [0.2, 0.25) is 0 Å². The number of benzene rings is 2. The fourth-order valence-corrected chi connectivity index (χ4v) is 5.11. The predicted molar refractivity (Wildman–Crippen MR) is 138 cm³/mol. The smallest absolute Gasteiger partial charge is 0.191 e. The van der Waals surface area contributed by atoms with Gasteiger partial charge in [-0.2, -0.15) is 0 Å². The summed E-state index contributed by atoms with van der Waals surface area (Å²) in [6, 6.07) is 16.6. The van der Waals surface area contributed by atoms with E-state index in [1.165, 1.54) is 23.8 Å². The fraction of sp³-hybridized carbons (Fsp3) is 0.435. The van der Waals surface area contributed by atoms with Crippen molar-refractivity contribution in [3.8, 4) is 0 Å². The minimum absolute atomic E-state index is 0. The van der Waals surface area contributed by atoms with Crippen LogP contribution in [0.25, 0.3) is 0 Å². The first kappa shape index (κ1) is 26.5. The lowest BCUT2D eigenvalue weighted by molar-refractivity contribution is 0.158. The second-order valence-electron chi connectivity index (χ2n) is 7.79. The maximum atomic E-state index is 13.8. The van der Waals surface area contributed by atoms with Crippen LogP contribution in [-0.4, -0.2) is 57.8 Å². The molecule has 2 N–H and O–H groups in total. The second kappa shape index (κ2) is 12.5. The molecule has 0 radical (unpaired) electrons. The highest BCUT2D eigenvalue weighted by molar-refractivity contribution is 14.0. The first-order valence-corrected chi connectivity index (χ1v) is 12.3. The number of piperidine rings is 1. The van der Waals surface area contributed by atoms with Gasteiger partial charge >= 0.3 is 0 Å². The Morgan fingerprint density at radius 2 is 1.75 bits per heavy atom. The Hall–Kier alpha value is -1.72. The molecule has 1 unspecified atom stereocenters. The number of nitrogens with zero attached hydrogens (tertiary/aromatic N) is 2. The molecule has 2 aromatic rings. The Morgan fingerprint density at radius 3 is 2.38 bits per heavy atom. The summed E-state index contributed by atoms with van der Waals surface area (Å²) >= 11 is 0. The van der Waals surface area contributed by atoms with Crippen LogP contribution in [0.2, 0.25) is 0 Å². The summed E-state index contributed by atoms with van der Waals surface area (Å²) in [7, 11) is -2.04. The van der Waals surface area contributed by atoms with Crippen LogP contribution in [0.15, 0.2) is 64.5 Å². The number of aliphatic imine (C=N–C) groups is 1. The minimum atomic E-state index is -3.70. The van der Waals surface area contributed by atoms with Crippen molar-refractivity contribution in [1.29, 1.82) is 0 Å². The van der Waals surface area contributed by atoms with E-state index in [0.29, 0.717) is 12.0 Å². The van der Waals surface area contributed by atoms with Crippen molar-refractivity contribution in [3.63, 3.8) is 0 Å². The van der Waals surface area contributed by atoms with Gasteiger partial charge in [-0.15, -0.1) is 24.0 Å². The molecule has 0 amide bonds. The number of likely N-dealkylation sites (tertiary alicyclic amines) is 1. The van der Waals surface area contributed by atoms with Crippen molar-refractivity contribution in [2.24, 2.45) is 4.99 Å². The van der Waals surface area contributed by atoms with Gasteiger partial charge in [-0.3, -0.25) is 9.89 Å². The van der Waals surface area contributed by atoms with Gasteiger partial charge in [0.1, 0.15) is 10.7 Å². The average molecular weight is 575 g/mol. The maximum absolute atomic E-state index is 13.8. The monoisotopic (exact) mass is 574 g/mol. The van der Waals surface area contributed by atoms with Gasteiger partial charge < -0.3 is 10.6 Å². The number of hydrogen-bond donors (Lipinski definition) is 2. The molecule has 1 fully saturated rings. The third kappa shape index (κ3) is 7.14. The molecule has 1 saturated heterocycles. The van der Waals surface area contributed by atoms with Gasteiger partial charge in [0.15, 0.2) is 15.8 Å². The Bertz CT molecular complexity index is 981. The molecular weight excluding hydrogens is 542 g/mol. The Balaban J connectivity index is 0.00000363. The van der Waals surface area contributed by atoms with Crippen LogP contribution < -0.4 is 10.6 Å². The molecule has 176 valence electrons. The first-order valence-electron chi connectivity index (χ1n) is 10.6. The quantitative estimate of drug-likeness (QED) is 0.301. The first-order chi connectivity index (χ1) is 14.9. The van der Waals surface area contributed by atoms with Gasteiger partial charge in [-0.05, 0) is 37.5 Å². The third-order valence-electron chi connectivity index (χ3n) is 5.76. The van der Waals surface area contributed by atoms with E-state index >= 15 is 0 Å². The van der Waals surface area contributed by atoms with Gasteiger partial charge in [0.05, 0.1) is 5.75 Å². The van der Waals surface area contributed by atoms with E-state index in [0.717, 1.165) is 32.0 Å². The van der Waals surface area contributed by atoms with Crippen LogP contribution in [0, 0.1) is 5.82 Å². The second-order valence-corrected chi connectivity index (χ2v) is 9.87. The van der Waals surface area contributed by atoms with Gasteiger partial charge in [0, 0.05) is 38.8 Å². The molecule has 1 heterocycles. The summed E-state index contributed by atoms with van der Waals surface area (Å²) in [6.07, 6.45) is 1.96. The zero-order valence-electron chi connectivity index (χ0n) is 18.5. The lowest BCUT2D eigenvalue weighted by atomic mass is 10.0. The third-order valence-corrected chi connectivity index (χ3v) is 7.50. The van der Waals surface area contributed by atoms with E-state index in [-0.39, 0.29) is 47.2 Å². The van der Waals surface area contributed by atoms with Crippen LogP contribution in [-0.2, 0) is 9.84 Å². The van der Waals surface area contributed by atoms with E-state index in [4.69, 9.17) is 0 Å². The lowest BCUT2D eigenvalue weighted by Gasteiger charge is -2.37. The normalized spacial score (nSPS) is 16.8. The van der Waals surface area contributed by atoms with Crippen LogP contribution in [0.5, 0.6) is 0 Å². The van der Waals surface area contributed by atoms with Crippen LogP contribution >= 0.6 is 24.0 Å². The largest absolute Gasteiger partial charge is 0.355 e. The molecule has 1 atom stereocenters. The van der Waals surface area contributed by atoms with Crippen LogP contribution in [0.4, 0.5) is 4.39 Å².